The van der Waals surface area contributed by atoms with E-state index in [1.54, 1.807) is 38.3 Å². The van der Waals surface area contributed by atoms with Crippen LogP contribution in [-0.4, -0.2) is 35.9 Å². The molecule has 0 radical (unpaired) electrons. The number of ether oxygens (including phenoxy) is 2. The van der Waals surface area contributed by atoms with Crippen LogP contribution in [0.2, 0.25) is 5.02 Å². The molecule has 0 aliphatic heterocycles. The van der Waals surface area contributed by atoms with Gasteiger partial charge in [0, 0.05) is 23.3 Å². The number of carbonyl (C=O) groups excluding carboxylic acids is 1. The SMILES string of the molecule is CCOC(C)C(=O)Nc1cc(-c2cc(Cl)ccc2OC)[nH]n1. The summed E-state index contributed by atoms with van der Waals surface area (Å²) in [5.74, 6) is 0.820. The van der Waals surface area contributed by atoms with E-state index < -0.39 is 6.10 Å². The monoisotopic (exact) mass is 323 g/mol. The molecule has 2 N–H and O–H groups in total. The van der Waals surface area contributed by atoms with Gasteiger partial charge in [-0.3, -0.25) is 9.89 Å². The van der Waals surface area contributed by atoms with Gasteiger partial charge in [0.1, 0.15) is 11.9 Å². The van der Waals surface area contributed by atoms with E-state index in [1.807, 2.05) is 6.92 Å². The lowest BCUT2D eigenvalue weighted by molar-refractivity contribution is -0.126. The van der Waals surface area contributed by atoms with Gasteiger partial charge in [-0.2, -0.15) is 5.10 Å². The van der Waals surface area contributed by atoms with Gasteiger partial charge < -0.3 is 14.8 Å². The van der Waals surface area contributed by atoms with Crippen molar-refractivity contribution in [3.63, 3.8) is 0 Å². The summed E-state index contributed by atoms with van der Waals surface area (Å²) in [7, 11) is 1.58. The number of amides is 1. The van der Waals surface area contributed by atoms with Crippen LogP contribution in [0.25, 0.3) is 11.3 Å². The fraction of sp³-hybridized carbons (Fsp3) is 0.333. The quantitative estimate of drug-likeness (QED) is 0.856. The summed E-state index contributed by atoms with van der Waals surface area (Å²) in [5, 5.41) is 10.2. The molecule has 2 aromatic rings. The number of aromatic nitrogens is 2. The van der Waals surface area contributed by atoms with Crippen molar-refractivity contribution in [1.29, 1.82) is 0 Å². The third-order valence-corrected chi connectivity index (χ3v) is 3.30. The predicted molar refractivity (Wildman–Crippen MR) is 85.3 cm³/mol. The van der Waals surface area contributed by atoms with E-state index in [0.717, 1.165) is 5.56 Å². The maximum Gasteiger partial charge on any atom is 0.254 e. The van der Waals surface area contributed by atoms with Crippen LogP contribution in [0.3, 0.4) is 0 Å². The van der Waals surface area contributed by atoms with E-state index in [-0.39, 0.29) is 5.91 Å². The molecule has 0 bridgehead atoms. The Morgan fingerprint density at radius 1 is 1.45 bits per heavy atom. The predicted octanol–water partition coefficient (Wildman–Crippen LogP) is 3.10. The van der Waals surface area contributed by atoms with E-state index >= 15 is 0 Å². The first-order chi connectivity index (χ1) is 10.5. The number of nitrogens with zero attached hydrogens (tertiary/aromatic N) is 1. The fourth-order valence-electron chi connectivity index (χ4n) is 1.97. The second kappa shape index (κ2) is 7.29. The van der Waals surface area contributed by atoms with Crippen LogP contribution in [0, 0.1) is 0 Å². The molecule has 0 saturated heterocycles. The molecule has 118 valence electrons. The maximum atomic E-state index is 11.9. The van der Waals surface area contributed by atoms with E-state index in [1.165, 1.54) is 0 Å². The van der Waals surface area contributed by atoms with Gasteiger partial charge in [0.25, 0.3) is 5.91 Å². The van der Waals surface area contributed by atoms with E-state index in [2.05, 4.69) is 15.5 Å². The molecule has 0 aliphatic rings. The largest absolute Gasteiger partial charge is 0.496 e. The minimum Gasteiger partial charge on any atom is -0.496 e. The first kappa shape index (κ1) is 16.3. The third kappa shape index (κ3) is 3.78. The second-order valence-corrected chi connectivity index (χ2v) is 5.03. The summed E-state index contributed by atoms with van der Waals surface area (Å²) < 4.78 is 10.5. The highest BCUT2D eigenvalue weighted by Crippen LogP contribution is 2.32. The number of benzene rings is 1. The van der Waals surface area contributed by atoms with Crippen molar-refractivity contribution < 1.29 is 14.3 Å². The number of halogens is 1. The van der Waals surface area contributed by atoms with Gasteiger partial charge >= 0.3 is 0 Å². The second-order valence-electron chi connectivity index (χ2n) is 4.60. The van der Waals surface area contributed by atoms with Gasteiger partial charge in [0.05, 0.1) is 12.8 Å². The highest BCUT2D eigenvalue weighted by atomic mass is 35.5. The molecule has 0 spiro atoms. The molecule has 0 fully saturated rings. The molecule has 22 heavy (non-hydrogen) atoms. The van der Waals surface area contributed by atoms with Gasteiger partial charge in [-0.15, -0.1) is 0 Å². The van der Waals surface area contributed by atoms with Crippen LogP contribution in [-0.2, 0) is 9.53 Å². The van der Waals surface area contributed by atoms with E-state index in [0.29, 0.717) is 28.9 Å². The van der Waals surface area contributed by atoms with Gasteiger partial charge in [0.2, 0.25) is 0 Å². The van der Waals surface area contributed by atoms with Crippen LogP contribution in [0.15, 0.2) is 24.3 Å². The van der Waals surface area contributed by atoms with Crippen LogP contribution in [0.5, 0.6) is 5.75 Å². The number of aromatic amines is 1. The van der Waals surface area contributed by atoms with Crippen molar-refractivity contribution in [2.75, 3.05) is 19.0 Å². The Hall–Kier alpha value is -2.05. The topological polar surface area (TPSA) is 76.2 Å². The molecule has 7 heteroatoms. The zero-order valence-corrected chi connectivity index (χ0v) is 13.4. The summed E-state index contributed by atoms with van der Waals surface area (Å²) in [6, 6.07) is 6.99. The number of nitrogens with one attached hydrogen (secondary N) is 2. The van der Waals surface area contributed by atoms with Crippen molar-refractivity contribution in [3.05, 3.63) is 29.3 Å². The lowest BCUT2D eigenvalue weighted by Gasteiger charge is -2.10. The Morgan fingerprint density at radius 2 is 2.23 bits per heavy atom. The number of anilines is 1. The molecule has 1 atom stereocenters. The summed E-state index contributed by atoms with van der Waals surface area (Å²) in [5.41, 5.74) is 1.46. The lowest BCUT2D eigenvalue weighted by atomic mass is 10.1. The normalized spacial score (nSPS) is 12.0. The molecule has 1 amide bonds. The molecule has 1 aromatic heterocycles. The maximum absolute atomic E-state index is 11.9. The molecule has 1 aromatic carbocycles. The molecule has 2 rings (SSSR count). The van der Waals surface area contributed by atoms with Crippen molar-refractivity contribution in [2.45, 2.75) is 20.0 Å². The number of hydrogen-bond donors (Lipinski definition) is 2. The van der Waals surface area contributed by atoms with Crippen LogP contribution in [0.4, 0.5) is 5.82 Å². The van der Waals surface area contributed by atoms with Crippen molar-refractivity contribution in [3.8, 4) is 17.0 Å². The Labute approximate surface area is 133 Å². The van der Waals surface area contributed by atoms with Crippen LogP contribution in [0.1, 0.15) is 13.8 Å². The Morgan fingerprint density at radius 3 is 2.91 bits per heavy atom. The lowest BCUT2D eigenvalue weighted by Crippen LogP contribution is -2.27. The Bertz CT molecular complexity index is 657. The Balaban J connectivity index is 2.18. The molecule has 6 nitrogen and oxygen atoms in total. The fourth-order valence-corrected chi connectivity index (χ4v) is 2.14. The first-order valence-corrected chi connectivity index (χ1v) is 7.24. The van der Waals surface area contributed by atoms with E-state index in [4.69, 9.17) is 21.1 Å². The van der Waals surface area contributed by atoms with Crippen molar-refractivity contribution >= 4 is 23.3 Å². The van der Waals surface area contributed by atoms with Crippen molar-refractivity contribution in [2.24, 2.45) is 0 Å². The zero-order valence-electron chi connectivity index (χ0n) is 12.6. The van der Waals surface area contributed by atoms with E-state index in [9.17, 15) is 4.79 Å². The van der Waals surface area contributed by atoms with Gasteiger partial charge in [-0.25, -0.2) is 0 Å². The summed E-state index contributed by atoms with van der Waals surface area (Å²) in [6.07, 6.45) is -0.536. The average Bonchev–Trinajstić information content (AvgIpc) is 2.95. The number of hydrogen-bond acceptors (Lipinski definition) is 4. The number of rotatable bonds is 6. The van der Waals surface area contributed by atoms with Gasteiger partial charge in [-0.1, -0.05) is 11.6 Å². The summed E-state index contributed by atoms with van der Waals surface area (Å²) in [4.78, 5) is 11.9. The molecule has 0 aliphatic carbocycles. The summed E-state index contributed by atoms with van der Waals surface area (Å²) >= 11 is 6.02. The molecular formula is C15H18ClN3O3. The third-order valence-electron chi connectivity index (χ3n) is 3.07. The minimum absolute atomic E-state index is 0.252. The number of methoxy groups -OCH3 is 1. The summed E-state index contributed by atoms with van der Waals surface area (Å²) in [6.45, 7) is 3.99. The molecule has 1 heterocycles. The highest BCUT2D eigenvalue weighted by Gasteiger charge is 2.15. The molecule has 0 saturated carbocycles. The van der Waals surface area contributed by atoms with Crippen LogP contribution >= 0.6 is 11.6 Å². The highest BCUT2D eigenvalue weighted by molar-refractivity contribution is 6.31. The minimum atomic E-state index is -0.536. The standard InChI is InChI=1S/C15H18ClN3O3/c1-4-22-9(2)15(20)17-14-8-12(18-19-14)11-7-10(16)5-6-13(11)21-3/h5-9H,4H2,1-3H3,(H2,17,18,19,20). The van der Waals surface area contributed by atoms with Crippen molar-refractivity contribution in [1.82, 2.24) is 10.2 Å². The first-order valence-electron chi connectivity index (χ1n) is 6.87. The number of carbonyl (C=O) groups is 1. The molecule has 1 unspecified atom stereocenters. The van der Waals surface area contributed by atoms with Gasteiger partial charge in [-0.05, 0) is 32.0 Å². The Kier molecular flexibility index (Phi) is 5.41. The average molecular weight is 324 g/mol. The smallest absolute Gasteiger partial charge is 0.254 e. The molecular weight excluding hydrogens is 306 g/mol. The van der Waals surface area contributed by atoms with Crippen LogP contribution < -0.4 is 10.1 Å². The van der Waals surface area contributed by atoms with Gasteiger partial charge in [0.15, 0.2) is 5.82 Å². The zero-order chi connectivity index (χ0) is 16.1. The number of H-pyrrole nitrogens is 1.